The maximum atomic E-state index is 6.14. The summed E-state index contributed by atoms with van der Waals surface area (Å²) in [6.07, 6.45) is 4.02. The lowest BCUT2D eigenvalue weighted by Gasteiger charge is -2.06. The van der Waals surface area contributed by atoms with Gasteiger partial charge in [0, 0.05) is 22.2 Å². The van der Waals surface area contributed by atoms with Gasteiger partial charge in [-0.25, -0.2) is 4.98 Å². The summed E-state index contributed by atoms with van der Waals surface area (Å²) < 4.78 is 2.99. The molecule has 3 nitrogen and oxygen atoms in total. The molecule has 0 atom stereocenters. The summed E-state index contributed by atoms with van der Waals surface area (Å²) in [6, 6.07) is 5.78. The van der Waals surface area contributed by atoms with Crippen LogP contribution in [0.2, 0.25) is 5.02 Å². The summed E-state index contributed by atoms with van der Waals surface area (Å²) in [5, 5.41) is 6.00. The van der Waals surface area contributed by atoms with Crippen molar-refractivity contribution in [3.05, 3.63) is 51.2 Å². The number of halogens is 2. The second kappa shape index (κ2) is 4.91. The first-order chi connectivity index (χ1) is 8.72. The molecule has 0 bridgehead atoms. The highest BCUT2D eigenvalue weighted by molar-refractivity contribution is 9.10. The smallest absolute Gasteiger partial charge is 0.193 e. The fourth-order valence-corrected chi connectivity index (χ4v) is 3.14. The molecular weight excluding hydrogens is 334 g/mol. The first-order valence-electron chi connectivity index (χ1n) is 5.32. The Labute approximate surface area is 122 Å². The zero-order valence-electron chi connectivity index (χ0n) is 9.23. The molecule has 1 aromatic carbocycles. The summed E-state index contributed by atoms with van der Waals surface area (Å²) >= 11 is 11.1. The van der Waals surface area contributed by atoms with Gasteiger partial charge in [-0.3, -0.25) is 4.40 Å². The van der Waals surface area contributed by atoms with Crippen LogP contribution in [0.3, 0.4) is 0 Å². The molecule has 0 aliphatic carbocycles. The highest BCUT2D eigenvalue weighted by Gasteiger charge is 2.04. The van der Waals surface area contributed by atoms with Crippen LogP contribution in [0.1, 0.15) is 5.69 Å². The fourth-order valence-electron chi connectivity index (χ4n) is 1.68. The second-order valence-corrected chi connectivity index (χ2v) is 6.00. The Morgan fingerprint density at radius 3 is 3.11 bits per heavy atom. The predicted molar refractivity (Wildman–Crippen MR) is 79.5 cm³/mol. The molecule has 3 aromatic rings. The normalized spacial score (nSPS) is 11.0. The molecule has 0 saturated carbocycles. The third kappa shape index (κ3) is 2.39. The number of aromatic nitrogens is 2. The van der Waals surface area contributed by atoms with Crippen LogP contribution in [0.5, 0.6) is 0 Å². The Morgan fingerprint density at radius 1 is 1.44 bits per heavy atom. The van der Waals surface area contributed by atoms with Gasteiger partial charge in [0.1, 0.15) is 0 Å². The van der Waals surface area contributed by atoms with Crippen LogP contribution < -0.4 is 5.32 Å². The van der Waals surface area contributed by atoms with Gasteiger partial charge < -0.3 is 5.32 Å². The highest BCUT2D eigenvalue weighted by atomic mass is 79.9. The van der Waals surface area contributed by atoms with Gasteiger partial charge in [-0.15, -0.1) is 11.3 Å². The number of fused-ring (bicyclic) bond motifs is 1. The molecule has 0 saturated heterocycles. The van der Waals surface area contributed by atoms with Crippen molar-refractivity contribution in [1.29, 1.82) is 0 Å². The van der Waals surface area contributed by atoms with Crippen molar-refractivity contribution in [2.45, 2.75) is 6.54 Å². The van der Waals surface area contributed by atoms with Crippen molar-refractivity contribution in [3.8, 4) is 0 Å². The van der Waals surface area contributed by atoms with Crippen molar-refractivity contribution < 1.29 is 0 Å². The van der Waals surface area contributed by atoms with E-state index >= 15 is 0 Å². The number of rotatable bonds is 3. The molecular formula is C12H9BrClN3S. The fraction of sp³-hybridized carbons (Fsp3) is 0.0833. The zero-order chi connectivity index (χ0) is 12.5. The van der Waals surface area contributed by atoms with E-state index in [-0.39, 0.29) is 0 Å². The second-order valence-electron chi connectivity index (χ2n) is 3.80. The predicted octanol–water partition coefficient (Wildman–Crippen LogP) is 4.42. The summed E-state index contributed by atoms with van der Waals surface area (Å²) in [7, 11) is 0. The number of imidazole rings is 1. The molecule has 0 spiro atoms. The molecule has 2 heterocycles. The average Bonchev–Trinajstić information content (AvgIpc) is 2.88. The Bertz CT molecular complexity index is 663. The molecule has 1 N–H and O–H groups in total. The topological polar surface area (TPSA) is 29.3 Å². The minimum Gasteiger partial charge on any atom is -0.378 e. The van der Waals surface area contributed by atoms with Gasteiger partial charge in [-0.1, -0.05) is 27.5 Å². The molecule has 92 valence electrons. The summed E-state index contributed by atoms with van der Waals surface area (Å²) in [4.78, 5) is 5.51. The van der Waals surface area contributed by atoms with Crippen LogP contribution in [0, 0.1) is 0 Å². The Kier molecular flexibility index (Phi) is 3.28. The Balaban J connectivity index is 1.76. The van der Waals surface area contributed by atoms with Crippen LogP contribution in [-0.2, 0) is 6.54 Å². The lowest BCUT2D eigenvalue weighted by atomic mass is 10.3. The number of nitrogens with one attached hydrogen (secondary N) is 1. The lowest BCUT2D eigenvalue weighted by molar-refractivity contribution is 1.08. The van der Waals surface area contributed by atoms with E-state index in [0.29, 0.717) is 11.6 Å². The molecule has 0 amide bonds. The average molecular weight is 343 g/mol. The van der Waals surface area contributed by atoms with Crippen molar-refractivity contribution in [1.82, 2.24) is 9.38 Å². The number of hydrogen-bond acceptors (Lipinski definition) is 3. The van der Waals surface area contributed by atoms with Crippen LogP contribution >= 0.6 is 38.9 Å². The summed E-state index contributed by atoms with van der Waals surface area (Å²) in [5.41, 5.74) is 1.91. The van der Waals surface area contributed by atoms with Gasteiger partial charge in [-0.2, -0.15) is 0 Å². The van der Waals surface area contributed by atoms with Crippen molar-refractivity contribution in [3.63, 3.8) is 0 Å². The number of hydrogen-bond donors (Lipinski definition) is 1. The highest BCUT2D eigenvalue weighted by Crippen LogP contribution is 2.26. The molecule has 3 rings (SSSR count). The first kappa shape index (κ1) is 12.0. The van der Waals surface area contributed by atoms with E-state index in [4.69, 9.17) is 11.6 Å². The summed E-state index contributed by atoms with van der Waals surface area (Å²) in [5.74, 6) is 0. The standard InChI is InChI=1S/C12H9BrClN3S/c13-8-1-2-11(10(14)5-8)15-6-9-7-17-3-4-18-12(17)16-9/h1-5,7,15H,6H2. The minimum atomic E-state index is 0.662. The number of anilines is 1. The van der Waals surface area contributed by atoms with Crippen molar-refractivity contribution >= 4 is 49.5 Å². The van der Waals surface area contributed by atoms with Crippen molar-refractivity contribution in [2.24, 2.45) is 0 Å². The molecule has 0 radical (unpaired) electrons. The monoisotopic (exact) mass is 341 g/mol. The third-order valence-electron chi connectivity index (χ3n) is 2.53. The van der Waals surface area contributed by atoms with E-state index in [0.717, 1.165) is 20.8 Å². The van der Waals surface area contributed by atoms with E-state index in [2.05, 4.69) is 26.2 Å². The van der Waals surface area contributed by atoms with Gasteiger partial charge in [0.25, 0.3) is 0 Å². The van der Waals surface area contributed by atoms with Crippen LogP contribution in [-0.4, -0.2) is 9.38 Å². The Morgan fingerprint density at radius 2 is 2.33 bits per heavy atom. The van der Waals surface area contributed by atoms with Crippen LogP contribution in [0.15, 0.2) is 40.4 Å². The number of thiazole rings is 1. The summed E-state index contributed by atoms with van der Waals surface area (Å²) in [6.45, 7) is 0.662. The van der Waals surface area contributed by atoms with E-state index in [1.54, 1.807) is 11.3 Å². The molecule has 18 heavy (non-hydrogen) atoms. The van der Waals surface area contributed by atoms with Gasteiger partial charge in [0.15, 0.2) is 4.96 Å². The Hall–Kier alpha value is -1.04. The molecule has 2 aromatic heterocycles. The SMILES string of the molecule is Clc1cc(Br)ccc1NCc1cn2ccsc2n1. The van der Waals surface area contributed by atoms with Crippen LogP contribution in [0.25, 0.3) is 4.96 Å². The van der Waals surface area contributed by atoms with E-state index in [1.807, 2.05) is 40.4 Å². The van der Waals surface area contributed by atoms with E-state index < -0.39 is 0 Å². The molecule has 0 unspecified atom stereocenters. The number of benzene rings is 1. The molecule has 0 aliphatic rings. The minimum absolute atomic E-state index is 0.662. The quantitative estimate of drug-likeness (QED) is 0.763. The third-order valence-corrected chi connectivity index (χ3v) is 4.11. The van der Waals surface area contributed by atoms with Gasteiger partial charge in [0.2, 0.25) is 0 Å². The van der Waals surface area contributed by atoms with Gasteiger partial charge in [0.05, 0.1) is 22.9 Å². The molecule has 0 aliphatic heterocycles. The van der Waals surface area contributed by atoms with Gasteiger partial charge >= 0.3 is 0 Å². The van der Waals surface area contributed by atoms with Gasteiger partial charge in [-0.05, 0) is 18.2 Å². The largest absolute Gasteiger partial charge is 0.378 e. The van der Waals surface area contributed by atoms with Crippen LogP contribution in [0.4, 0.5) is 5.69 Å². The molecule has 0 fully saturated rings. The maximum absolute atomic E-state index is 6.14. The van der Waals surface area contributed by atoms with Crippen molar-refractivity contribution in [2.75, 3.05) is 5.32 Å². The van der Waals surface area contributed by atoms with E-state index in [1.165, 1.54) is 0 Å². The number of nitrogens with zero attached hydrogens (tertiary/aromatic N) is 2. The van der Waals surface area contributed by atoms with E-state index in [9.17, 15) is 0 Å². The molecule has 6 heteroatoms. The lowest BCUT2D eigenvalue weighted by Crippen LogP contribution is -2.00. The zero-order valence-corrected chi connectivity index (χ0v) is 12.4. The maximum Gasteiger partial charge on any atom is 0.193 e. The first-order valence-corrected chi connectivity index (χ1v) is 7.37.